The number of carbonyl (C=O) groups excluding carboxylic acids is 2. The maximum atomic E-state index is 12.1. The Labute approximate surface area is 101 Å². The molecule has 0 amide bonds. The number of ketones is 2. The van der Waals surface area contributed by atoms with Crippen molar-refractivity contribution in [2.75, 3.05) is 0 Å². The van der Waals surface area contributed by atoms with Crippen molar-refractivity contribution in [1.29, 1.82) is 0 Å². The molecule has 3 atom stereocenters. The first-order valence-corrected chi connectivity index (χ1v) is 6.18. The van der Waals surface area contributed by atoms with Crippen LogP contribution in [0.1, 0.15) is 52.4 Å². The second-order valence-corrected chi connectivity index (χ2v) is 6.28. The summed E-state index contributed by atoms with van der Waals surface area (Å²) in [4.78, 5) is 24.3. The van der Waals surface area contributed by atoms with Crippen molar-refractivity contribution < 1.29 is 19.8 Å². The molecule has 1 unspecified atom stereocenters. The molecular weight excluding hydrogens is 220 g/mol. The van der Waals surface area contributed by atoms with Gasteiger partial charge in [-0.2, -0.15) is 0 Å². The average Bonchev–Trinajstić information content (AvgIpc) is 2.13. The van der Waals surface area contributed by atoms with E-state index in [4.69, 9.17) is 0 Å². The quantitative estimate of drug-likeness (QED) is 0.619. The van der Waals surface area contributed by atoms with Gasteiger partial charge in [0.1, 0.15) is 11.6 Å². The summed E-state index contributed by atoms with van der Waals surface area (Å²) in [6.45, 7) is 3.28. The standard InChI is InChI=1S/C13H20O4/c1-11(16)3-5-13(9(14)7-11)6-4-12(2,17)8-10(13)15/h16-17H,3-8H2,1-2H3/t11-,12+,13?. The Balaban J connectivity index is 2.22. The molecule has 0 aliphatic heterocycles. The number of carbonyl (C=O) groups is 2. The van der Waals surface area contributed by atoms with Gasteiger partial charge in [0.25, 0.3) is 0 Å². The Morgan fingerprint density at radius 2 is 1.18 bits per heavy atom. The summed E-state index contributed by atoms with van der Waals surface area (Å²) >= 11 is 0. The van der Waals surface area contributed by atoms with Gasteiger partial charge < -0.3 is 10.2 Å². The molecule has 0 aromatic heterocycles. The van der Waals surface area contributed by atoms with E-state index >= 15 is 0 Å². The Kier molecular flexibility index (Phi) is 2.71. The highest BCUT2D eigenvalue weighted by Gasteiger charge is 2.54. The minimum Gasteiger partial charge on any atom is -0.390 e. The molecular formula is C13H20O4. The van der Waals surface area contributed by atoms with Gasteiger partial charge in [-0.25, -0.2) is 0 Å². The molecule has 0 heterocycles. The minimum absolute atomic E-state index is 0.0564. The third-order valence-electron chi connectivity index (χ3n) is 4.33. The lowest BCUT2D eigenvalue weighted by Gasteiger charge is -2.45. The van der Waals surface area contributed by atoms with E-state index < -0.39 is 16.6 Å². The molecule has 2 N–H and O–H groups in total. The van der Waals surface area contributed by atoms with Gasteiger partial charge in [0, 0.05) is 12.8 Å². The molecule has 0 saturated heterocycles. The molecule has 0 aromatic rings. The molecule has 2 rings (SSSR count). The van der Waals surface area contributed by atoms with E-state index in [0.29, 0.717) is 25.7 Å². The predicted molar refractivity (Wildman–Crippen MR) is 61.4 cm³/mol. The van der Waals surface area contributed by atoms with E-state index in [1.807, 2.05) is 0 Å². The van der Waals surface area contributed by atoms with Crippen LogP contribution in [0.15, 0.2) is 0 Å². The molecule has 4 nitrogen and oxygen atoms in total. The largest absolute Gasteiger partial charge is 0.390 e. The molecule has 96 valence electrons. The van der Waals surface area contributed by atoms with Crippen molar-refractivity contribution in [3.8, 4) is 0 Å². The smallest absolute Gasteiger partial charge is 0.149 e. The van der Waals surface area contributed by atoms with Gasteiger partial charge in [0.2, 0.25) is 0 Å². The monoisotopic (exact) mass is 240 g/mol. The first-order valence-electron chi connectivity index (χ1n) is 6.18. The number of hydrogen-bond acceptors (Lipinski definition) is 4. The predicted octanol–water partition coefficient (Wildman–Crippen LogP) is 0.981. The van der Waals surface area contributed by atoms with E-state index in [-0.39, 0.29) is 24.4 Å². The summed E-state index contributed by atoms with van der Waals surface area (Å²) < 4.78 is 0. The van der Waals surface area contributed by atoms with Crippen LogP contribution in [0, 0.1) is 5.41 Å². The molecule has 2 saturated carbocycles. The molecule has 0 bridgehead atoms. The first-order chi connectivity index (χ1) is 7.67. The minimum atomic E-state index is -0.970. The molecule has 2 aliphatic carbocycles. The summed E-state index contributed by atoms with van der Waals surface area (Å²) in [5.41, 5.74) is -2.85. The Morgan fingerprint density at radius 1 is 0.824 bits per heavy atom. The SMILES string of the molecule is C[C@]1(O)CCC2(CC[C@@](C)(O)CC2=O)C(=O)C1. The molecule has 0 aromatic carbocycles. The third-order valence-corrected chi connectivity index (χ3v) is 4.33. The van der Waals surface area contributed by atoms with E-state index in [9.17, 15) is 19.8 Å². The van der Waals surface area contributed by atoms with Crippen LogP contribution < -0.4 is 0 Å². The molecule has 1 spiro atoms. The molecule has 2 fully saturated rings. The van der Waals surface area contributed by atoms with Crippen LogP contribution in [0.3, 0.4) is 0 Å². The summed E-state index contributed by atoms with van der Waals surface area (Å²) in [6.07, 6.45) is 1.92. The number of hydrogen-bond donors (Lipinski definition) is 2. The highest BCUT2D eigenvalue weighted by atomic mass is 16.3. The van der Waals surface area contributed by atoms with Crippen LogP contribution in [0.25, 0.3) is 0 Å². The van der Waals surface area contributed by atoms with Crippen molar-refractivity contribution >= 4 is 11.6 Å². The fourth-order valence-electron chi connectivity index (χ4n) is 3.01. The van der Waals surface area contributed by atoms with Gasteiger partial charge in [0.05, 0.1) is 16.6 Å². The lowest BCUT2D eigenvalue weighted by atomic mass is 9.59. The van der Waals surface area contributed by atoms with Gasteiger partial charge in [-0.3, -0.25) is 9.59 Å². The highest BCUT2D eigenvalue weighted by molar-refractivity contribution is 6.08. The number of rotatable bonds is 0. The topological polar surface area (TPSA) is 74.6 Å². The van der Waals surface area contributed by atoms with Crippen LogP contribution in [0.5, 0.6) is 0 Å². The fraction of sp³-hybridized carbons (Fsp3) is 0.846. The van der Waals surface area contributed by atoms with Crippen molar-refractivity contribution in [1.82, 2.24) is 0 Å². The van der Waals surface area contributed by atoms with E-state index in [2.05, 4.69) is 0 Å². The lowest BCUT2D eigenvalue weighted by Crippen LogP contribution is -2.53. The summed E-state index contributed by atoms with van der Waals surface area (Å²) in [5, 5.41) is 19.7. The van der Waals surface area contributed by atoms with Crippen LogP contribution in [-0.2, 0) is 9.59 Å². The Morgan fingerprint density at radius 3 is 1.47 bits per heavy atom. The molecule has 4 heteroatoms. The van der Waals surface area contributed by atoms with Gasteiger partial charge in [-0.15, -0.1) is 0 Å². The van der Waals surface area contributed by atoms with Crippen LogP contribution >= 0.6 is 0 Å². The summed E-state index contributed by atoms with van der Waals surface area (Å²) in [7, 11) is 0. The zero-order valence-corrected chi connectivity index (χ0v) is 10.5. The van der Waals surface area contributed by atoms with Crippen molar-refractivity contribution in [2.45, 2.75) is 63.6 Å². The zero-order valence-electron chi connectivity index (χ0n) is 10.5. The van der Waals surface area contributed by atoms with Crippen molar-refractivity contribution in [2.24, 2.45) is 5.41 Å². The second kappa shape index (κ2) is 3.62. The van der Waals surface area contributed by atoms with Gasteiger partial charge >= 0.3 is 0 Å². The first kappa shape index (κ1) is 12.7. The third kappa shape index (κ3) is 2.16. The van der Waals surface area contributed by atoms with Crippen LogP contribution in [-0.4, -0.2) is 33.0 Å². The maximum Gasteiger partial charge on any atom is 0.149 e. The Hall–Kier alpha value is -0.740. The number of Topliss-reactive ketones (excluding diaryl/α,β-unsaturated/α-hetero) is 2. The summed E-state index contributed by atoms with van der Waals surface area (Å²) in [5.74, 6) is -0.288. The Bertz CT molecular complexity index is 332. The lowest BCUT2D eigenvalue weighted by molar-refractivity contribution is -0.158. The van der Waals surface area contributed by atoms with Gasteiger partial charge in [0.15, 0.2) is 0 Å². The normalized spacial score (nSPS) is 47.5. The van der Waals surface area contributed by atoms with Crippen LogP contribution in [0.4, 0.5) is 0 Å². The van der Waals surface area contributed by atoms with E-state index in [1.165, 1.54) is 0 Å². The van der Waals surface area contributed by atoms with E-state index in [1.54, 1.807) is 13.8 Å². The number of aliphatic hydroxyl groups is 2. The summed E-state index contributed by atoms with van der Waals surface area (Å²) in [6, 6.07) is 0. The second-order valence-electron chi connectivity index (χ2n) is 6.28. The average molecular weight is 240 g/mol. The molecule has 17 heavy (non-hydrogen) atoms. The fourth-order valence-corrected chi connectivity index (χ4v) is 3.01. The van der Waals surface area contributed by atoms with Crippen molar-refractivity contribution in [3.63, 3.8) is 0 Å². The van der Waals surface area contributed by atoms with Gasteiger partial charge in [-0.1, -0.05) is 0 Å². The van der Waals surface area contributed by atoms with Crippen LogP contribution in [0.2, 0.25) is 0 Å². The molecule has 2 aliphatic rings. The maximum absolute atomic E-state index is 12.1. The van der Waals surface area contributed by atoms with Crippen molar-refractivity contribution in [3.05, 3.63) is 0 Å². The highest BCUT2D eigenvalue weighted by Crippen LogP contribution is 2.47. The van der Waals surface area contributed by atoms with E-state index in [0.717, 1.165) is 0 Å². The molecule has 0 radical (unpaired) electrons. The van der Waals surface area contributed by atoms with Gasteiger partial charge in [-0.05, 0) is 39.5 Å². The zero-order chi connectivity index (χ0) is 12.9.